The van der Waals surface area contributed by atoms with Crippen LogP contribution in [0.15, 0.2) is 4.90 Å². The van der Waals surface area contributed by atoms with Gasteiger partial charge in [0.25, 0.3) is 0 Å². The molecule has 1 aliphatic rings. The van der Waals surface area contributed by atoms with Gasteiger partial charge in [-0.1, -0.05) is 0 Å². The number of rotatable bonds is 4. The van der Waals surface area contributed by atoms with Crippen molar-refractivity contribution >= 4 is 10.0 Å². The Kier molecular flexibility index (Phi) is 4.64. The molecule has 8 heteroatoms. The van der Waals surface area contributed by atoms with Crippen LogP contribution in [0.4, 0.5) is 8.78 Å². The highest BCUT2D eigenvalue weighted by atomic mass is 32.2. The molecule has 1 N–H and O–H groups in total. The molecule has 0 aromatic carbocycles. The zero-order chi connectivity index (χ0) is 16.7. The molecule has 1 heterocycles. The second-order valence-electron chi connectivity index (χ2n) is 6.29. The van der Waals surface area contributed by atoms with Crippen LogP contribution < -0.4 is 4.72 Å². The van der Waals surface area contributed by atoms with Gasteiger partial charge in [0.1, 0.15) is 4.90 Å². The van der Waals surface area contributed by atoms with E-state index < -0.39 is 22.0 Å². The Hall–Kier alpha value is -1.02. The molecule has 5 nitrogen and oxygen atoms in total. The number of halogens is 2. The van der Waals surface area contributed by atoms with Crippen molar-refractivity contribution in [2.45, 2.75) is 76.3 Å². The van der Waals surface area contributed by atoms with E-state index in [1.54, 1.807) is 18.5 Å². The van der Waals surface area contributed by atoms with Crippen molar-refractivity contribution in [3.8, 4) is 0 Å². The van der Waals surface area contributed by atoms with Gasteiger partial charge >= 0.3 is 0 Å². The van der Waals surface area contributed by atoms with Crippen molar-refractivity contribution in [1.82, 2.24) is 14.5 Å². The maximum absolute atomic E-state index is 13.2. The van der Waals surface area contributed by atoms with Crippen LogP contribution >= 0.6 is 0 Å². The summed E-state index contributed by atoms with van der Waals surface area (Å²) in [7, 11) is -3.75. The van der Waals surface area contributed by atoms with E-state index in [1.807, 2.05) is 13.8 Å². The van der Waals surface area contributed by atoms with Crippen LogP contribution in [0.2, 0.25) is 0 Å². The highest BCUT2D eigenvalue weighted by Crippen LogP contribution is 2.34. The van der Waals surface area contributed by atoms with Gasteiger partial charge in [0.15, 0.2) is 0 Å². The minimum atomic E-state index is -3.75. The van der Waals surface area contributed by atoms with Crippen LogP contribution in [-0.4, -0.2) is 30.2 Å². The first-order valence-electron chi connectivity index (χ1n) is 7.49. The Labute approximate surface area is 130 Å². The van der Waals surface area contributed by atoms with Gasteiger partial charge in [-0.2, -0.15) is 5.10 Å². The first-order chi connectivity index (χ1) is 10.0. The van der Waals surface area contributed by atoms with Gasteiger partial charge in [0, 0.05) is 24.9 Å². The number of alkyl halides is 2. The maximum atomic E-state index is 13.2. The third kappa shape index (κ3) is 3.48. The Morgan fingerprint density at radius 1 is 1.27 bits per heavy atom. The zero-order valence-electron chi connectivity index (χ0n) is 13.4. The fraction of sp³-hybridized carbons (Fsp3) is 0.786. The summed E-state index contributed by atoms with van der Waals surface area (Å²) in [6.07, 6.45) is -0.238. The topological polar surface area (TPSA) is 64.0 Å². The van der Waals surface area contributed by atoms with Crippen LogP contribution in [0.5, 0.6) is 0 Å². The van der Waals surface area contributed by atoms with Gasteiger partial charge in [0.2, 0.25) is 15.9 Å². The molecule has 22 heavy (non-hydrogen) atoms. The van der Waals surface area contributed by atoms with Gasteiger partial charge in [-0.05, 0) is 40.5 Å². The van der Waals surface area contributed by atoms with Crippen molar-refractivity contribution < 1.29 is 17.2 Å². The molecule has 2 rings (SSSR count). The van der Waals surface area contributed by atoms with E-state index in [1.165, 1.54) is 0 Å². The first-order valence-corrected chi connectivity index (χ1v) is 8.98. The molecule has 126 valence electrons. The number of nitrogens with zero attached hydrogens (tertiary/aromatic N) is 2. The summed E-state index contributed by atoms with van der Waals surface area (Å²) in [5.74, 6) is -2.67. The number of aromatic nitrogens is 2. The zero-order valence-corrected chi connectivity index (χ0v) is 14.2. The van der Waals surface area contributed by atoms with E-state index in [-0.39, 0.29) is 36.6 Å². The third-order valence-corrected chi connectivity index (χ3v) is 5.83. The van der Waals surface area contributed by atoms with Gasteiger partial charge in [-0.15, -0.1) is 0 Å². The molecule has 1 aliphatic carbocycles. The molecule has 1 saturated carbocycles. The Morgan fingerprint density at radius 3 is 2.27 bits per heavy atom. The summed E-state index contributed by atoms with van der Waals surface area (Å²) in [6.45, 7) is 7.21. The lowest BCUT2D eigenvalue weighted by molar-refractivity contribution is -0.0387. The molecule has 0 saturated heterocycles. The summed E-state index contributed by atoms with van der Waals surface area (Å²) in [5.41, 5.74) is 1.00. The van der Waals surface area contributed by atoms with Crippen LogP contribution in [-0.2, 0) is 10.0 Å². The molecule has 0 aliphatic heterocycles. The largest absolute Gasteiger partial charge is 0.266 e. The van der Waals surface area contributed by atoms with Crippen LogP contribution in [0.25, 0.3) is 0 Å². The summed E-state index contributed by atoms with van der Waals surface area (Å²) < 4.78 is 55.7. The highest BCUT2D eigenvalue weighted by Gasteiger charge is 2.37. The molecule has 1 aromatic rings. The lowest BCUT2D eigenvalue weighted by Gasteiger charge is -2.28. The molecule has 0 unspecified atom stereocenters. The lowest BCUT2D eigenvalue weighted by atomic mass is 9.93. The van der Waals surface area contributed by atoms with Gasteiger partial charge < -0.3 is 0 Å². The van der Waals surface area contributed by atoms with Crippen molar-refractivity contribution in [3.63, 3.8) is 0 Å². The Balaban J connectivity index is 2.21. The molecule has 0 spiro atoms. The second-order valence-corrected chi connectivity index (χ2v) is 7.94. The minimum Gasteiger partial charge on any atom is -0.266 e. The van der Waals surface area contributed by atoms with E-state index in [9.17, 15) is 17.2 Å². The number of sulfonamides is 1. The lowest BCUT2D eigenvalue weighted by Crippen LogP contribution is -2.40. The van der Waals surface area contributed by atoms with Crippen LogP contribution in [0.3, 0.4) is 0 Å². The SMILES string of the molecule is Cc1nn(C(C)C)c(C)c1S(=O)(=O)NC1CCC(F)(F)CC1. The third-order valence-electron chi connectivity index (χ3n) is 4.06. The standard InChI is InChI=1S/C14H23F2N3O2S/c1-9(2)19-11(4)13(10(3)17-19)22(20,21)18-12-5-7-14(15,16)8-6-12/h9,12,18H,5-8H2,1-4H3. The second kappa shape index (κ2) is 5.88. The molecule has 0 atom stereocenters. The molecular weight excluding hydrogens is 312 g/mol. The molecule has 1 fully saturated rings. The van der Waals surface area contributed by atoms with Gasteiger partial charge in [-0.3, -0.25) is 4.68 Å². The average molecular weight is 335 g/mol. The van der Waals surface area contributed by atoms with E-state index in [4.69, 9.17) is 0 Å². The molecule has 1 aromatic heterocycles. The smallest absolute Gasteiger partial charge is 0.248 e. The summed E-state index contributed by atoms with van der Waals surface area (Å²) >= 11 is 0. The van der Waals surface area contributed by atoms with Crippen LogP contribution in [0.1, 0.15) is 57.0 Å². The fourth-order valence-electron chi connectivity index (χ4n) is 2.98. The van der Waals surface area contributed by atoms with Gasteiger partial charge in [0.05, 0.1) is 11.4 Å². The quantitative estimate of drug-likeness (QED) is 0.920. The summed E-state index contributed by atoms with van der Waals surface area (Å²) in [4.78, 5) is 0.165. The summed E-state index contributed by atoms with van der Waals surface area (Å²) in [5, 5.41) is 4.27. The van der Waals surface area contributed by atoms with Crippen molar-refractivity contribution in [3.05, 3.63) is 11.4 Å². The highest BCUT2D eigenvalue weighted by molar-refractivity contribution is 7.89. The normalized spacial score (nSPS) is 19.8. The van der Waals surface area contributed by atoms with Gasteiger partial charge in [-0.25, -0.2) is 21.9 Å². The number of hydrogen-bond donors (Lipinski definition) is 1. The van der Waals surface area contributed by atoms with Crippen molar-refractivity contribution in [2.24, 2.45) is 0 Å². The number of hydrogen-bond acceptors (Lipinski definition) is 3. The van der Waals surface area contributed by atoms with Crippen LogP contribution in [0, 0.1) is 13.8 Å². The molecular formula is C14H23F2N3O2S. The number of nitrogens with one attached hydrogen (secondary N) is 1. The fourth-order valence-corrected chi connectivity index (χ4v) is 4.68. The van der Waals surface area contributed by atoms with E-state index >= 15 is 0 Å². The maximum Gasteiger partial charge on any atom is 0.248 e. The van der Waals surface area contributed by atoms with E-state index in [0.717, 1.165) is 0 Å². The average Bonchev–Trinajstić information content (AvgIpc) is 2.68. The predicted octanol–water partition coefficient (Wildman–Crippen LogP) is 2.94. The summed E-state index contributed by atoms with van der Waals surface area (Å²) in [6, 6.07) is -0.387. The van der Waals surface area contributed by atoms with Crippen molar-refractivity contribution in [2.75, 3.05) is 0 Å². The number of aryl methyl sites for hydroxylation is 1. The molecule has 0 radical (unpaired) electrons. The Bertz CT molecular complexity index is 643. The monoisotopic (exact) mass is 335 g/mol. The van der Waals surface area contributed by atoms with Crippen molar-refractivity contribution in [1.29, 1.82) is 0 Å². The van der Waals surface area contributed by atoms with E-state index in [0.29, 0.717) is 11.4 Å². The first kappa shape index (κ1) is 17.3. The Morgan fingerprint density at radius 2 is 1.82 bits per heavy atom. The predicted molar refractivity (Wildman–Crippen MR) is 79.6 cm³/mol. The molecule has 0 bridgehead atoms. The minimum absolute atomic E-state index is 0.0519. The van der Waals surface area contributed by atoms with E-state index in [2.05, 4.69) is 9.82 Å². The molecule has 0 amide bonds.